The first-order valence-electron chi connectivity index (χ1n) is 6.76. The molecule has 1 aromatic carbocycles. The molecular weight excluding hydrogens is 294 g/mol. The number of benzene rings is 1. The van der Waals surface area contributed by atoms with Crippen LogP contribution in [0.25, 0.3) is 28.5 Å². The molecule has 5 nitrogen and oxygen atoms in total. The van der Waals surface area contributed by atoms with Crippen LogP contribution in [0.2, 0.25) is 0 Å². The summed E-state index contributed by atoms with van der Waals surface area (Å²) in [7, 11) is 0. The van der Waals surface area contributed by atoms with E-state index in [4.69, 9.17) is 0 Å². The second kappa shape index (κ2) is 5.50. The van der Waals surface area contributed by atoms with Gasteiger partial charge in [0.15, 0.2) is 5.82 Å². The fourth-order valence-electron chi connectivity index (χ4n) is 2.11. The first kappa shape index (κ1) is 12.8. The molecule has 4 rings (SSSR count). The van der Waals surface area contributed by atoms with Crippen LogP contribution < -0.4 is 0 Å². The fraction of sp³-hybridized carbons (Fsp3) is 0. The summed E-state index contributed by atoms with van der Waals surface area (Å²) in [4.78, 5) is 4.87. The third kappa shape index (κ3) is 2.40. The Hall–Kier alpha value is -2.86. The molecule has 0 amide bonds. The molecule has 0 atom stereocenters. The lowest BCUT2D eigenvalue weighted by Crippen LogP contribution is -1.90. The summed E-state index contributed by atoms with van der Waals surface area (Å²) in [6, 6.07) is 13.8. The van der Waals surface area contributed by atoms with Crippen molar-refractivity contribution < 1.29 is 0 Å². The van der Waals surface area contributed by atoms with Gasteiger partial charge in [-0.1, -0.05) is 53.8 Å². The molecule has 4 aromatic rings. The molecule has 0 radical (unpaired) electrons. The van der Waals surface area contributed by atoms with Crippen molar-refractivity contribution >= 4 is 28.4 Å². The Morgan fingerprint density at radius 1 is 0.955 bits per heavy atom. The molecule has 0 N–H and O–H groups in total. The Balaban J connectivity index is 1.70. The van der Waals surface area contributed by atoms with E-state index in [0.29, 0.717) is 0 Å². The fourth-order valence-corrected chi connectivity index (χ4v) is 2.85. The van der Waals surface area contributed by atoms with Gasteiger partial charge in [0.1, 0.15) is 5.01 Å². The van der Waals surface area contributed by atoms with E-state index in [1.807, 2.05) is 60.8 Å². The Labute approximate surface area is 130 Å². The number of pyridine rings is 1. The van der Waals surface area contributed by atoms with Gasteiger partial charge in [-0.05, 0) is 17.7 Å². The van der Waals surface area contributed by atoms with Gasteiger partial charge >= 0.3 is 0 Å². The molecule has 0 bridgehead atoms. The van der Waals surface area contributed by atoms with Gasteiger partial charge in [-0.25, -0.2) is 0 Å². The van der Waals surface area contributed by atoms with E-state index in [-0.39, 0.29) is 0 Å². The predicted octanol–water partition coefficient (Wildman–Crippen LogP) is 3.42. The summed E-state index contributed by atoms with van der Waals surface area (Å²) >= 11 is 1.50. The second-order valence-corrected chi connectivity index (χ2v) is 5.63. The third-order valence-electron chi connectivity index (χ3n) is 3.14. The lowest BCUT2D eigenvalue weighted by molar-refractivity contribution is 0.960. The van der Waals surface area contributed by atoms with Crippen molar-refractivity contribution in [2.75, 3.05) is 0 Å². The first-order valence-corrected chi connectivity index (χ1v) is 7.57. The van der Waals surface area contributed by atoms with Gasteiger partial charge in [0, 0.05) is 18.0 Å². The molecule has 22 heavy (non-hydrogen) atoms. The highest BCUT2D eigenvalue weighted by Crippen LogP contribution is 2.22. The number of nitrogens with zero attached hydrogens (tertiary/aromatic N) is 5. The van der Waals surface area contributed by atoms with Crippen LogP contribution in [0, 0.1) is 0 Å². The number of hydrogen-bond acceptors (Lipinski definition) is 5. The average Bonchev–Trinajstić information content (AvgIpc) is 3.15. The van der Waals surface area contributed by atoms with Gasteiger partial charge in [0.05, 0.1) is 0 Å². The average molecular weight is 305 g/mol. The molecule has 0 aliphatic heterocycles. The van der Waals surface area contributed by atoms with Crippen LogP contribution in [0.4, 0.5) is 0 Å². The molecule has 3 heterocycles. The molecule has 0 aliphatic carbocycles. The molecule has 0 aliphatic rings. The van der Waals surface area contributed by atoms with Crippen molar-refractivity contribution in [3.8, 4) is 11.4 Å². The van der Waals surface area contributed by atoms with E-state index >= 15 is 0 Å². The molecule has 0 fully saturated rings. The standard InChI is InChI=1S/C16H11N5S/c1-2-6-13(7-3-1)15-18-19-16-21(15)20-14(22-16)9-8-12-5-4-10-17-11-12/h1-11H/b9-8+. The minimum Gasteiger partial charge on any atom is -0.264 e. The summed E-state index contributed by atoms with van der Waals surface area (Å²) in [5.74, 6) is 0.757. The van der Waals surface area contributed by atoms with Crippen molar-refractivity contribution in [2.24, 2.45) is 0 Å². The first-order chi connectivity index (χ1) is 10.9. The molecule has 3 aromatic heterocycles. The van der Waals surface area contributed by atoms with Crippen LogP contribution in [-0.4, -0.2) is 24.8 Å². The molecule has 0 spiro atoms. The van der Waals surface area contributed by atoms with Crippen LogP contribution >= 0.6 is 11.3 Å². The van der Waals surface area contributed by atoms with Crippen molar-refractivity contribution in [1.82, 2.24) is 24.8 Å². The topological polar surface area (TPSA) is 56.0 Å². The highest BCUT2D eigenvalue weighted by molar-refractivity contribution is 7.17. The lowest BCUT2D eigenvalue weighted by Gasteiger charge is -1.94. The highest BCUT2D eigenvalue weighted by atomic mass is 32.1. The van der Waals surface area contributed by atoms with Gasteiger partial charge < -0.3 is 0 Å². The number of hydrogen-bond donors (Lipinski definition) is 0. The summed E-state index contributed by atoms with van der Waals surface area (Å²) in [5, 5.41) is 13.9. The Kier molecular flexibility index (Phi) is 3.21. The van der Waals surface area contributed by atoms with Crippen LogP contribution in [0.1, 0.15) is 10.6 Å². The van der Waals surface area contributed by atoms with Gasteiger partial charge in [0.2, 0.25) is 4.96 Å². The molecule has 6 heteroatoms. The van der Waals surface area contributed by atoms with Crippen LogP contribution in [0.3, 0.4) is 0 Å². The van der Waals surface area contributed by atoms with Crippen molar-refractivity contribution in [3.05, 3.63) is 65.4 Å². The smallest absolute Gasteiger partial charge is 0.235 e. The van der Waals surface area contributed by atoms with Crippen LogP contribution in [-0.2, 0) is 0 Å². The quantitative estimate of drug-likeness (QED) is 0.582. The molecule has 0 saturated carbocycles. The molecule has 0 saturated heterocycles. The second-order valence-electron chi connectivity index (χ2n) is 4.64. The predicted molar refractivity (Wildman–Crippen MR) is 87.3 cm³/mol. The summed E-state index contributed by atoms with van der Waals surface area (Å²) in [6.07, 6.45) is 7.52. The maximum absolute atomic E-state index is 4.57. The van der Waals surface area contributed by atoms with Crippen molar-refractivity contribution in [3.63, 3.8) is 0 Å². The number of aromatic nitrogens is 5. The van der Waals surface area contributed by atoms with Gasteiger partial charge in [-0.3, -0.25) is 4.98 Å². The zero-order valence-electron chi connectivity index (χ0n) is 11.5. The maximum Gasteiger partial charge on any atom is 0.235 e. The van der Waals surface area contributed by atoms with E-state index in [0.717, 1.165) is 26.9 Å². The normalized spacial score (nSPS) is 11.5. The Morgan fingerprint density at radius 2 is 1.86 bits per heavy atom. The largest absolute Gasteiger partial charge is 0.264 e. The van der Waals surface area contributed by atoms with Gasteiger partial charge in [-0.2, -0.15) is 9.61 Å². The maximum atomic E-state index is 4.57. The van der Waals surface area contributed by atoms with Crippen LogP contribution in [0.15, 0.2) is 54.9 Å². The third-order valence-corrected chi connectivity index (χ3v) is 4.01. The lowest BCUT2D eigenvalue weighted by atomic mass is 10.2. The highest BCUT2D eigenvalue weighted by Gasteiger charge is 2.11. The Morgan fingerprint density at radius 3 is 2.68 bits per heavy atom. The molecule has 0 unspecified atom stereocenters. The van der Waals surface area contributed by atoms with Gasteiger partial charge in [-0.15, -0.1) is 10.2 Å². The zero-order chi connectivity index (χ0) is 14.8. The van der Waals surface area contributed by atoms with E-state index in [2.05, 4.69) is 20.3 Å². The van der Waals surface area contributed by atoms with Gasteiger partial charge in [0.25, 0.3) is 0 Å². The summed E-state index contributed by atoms with van der Waals surface area (Å²) < 4.78 is 1.78. The van der Waals surface area contributed by atoms with E-state index < -0.39 is 0 Å². The van der Waals surface area contributed by atoms with E-state index in [9.17, 15) is 0 Å². The summed E-state index contributed by atoms with van der Waals surface area (Å²) in [6.45, 7) is 0. The van der Waals surface area contributed by atoms with Crippen molar-refractivity contribution in [2.45, 2.75) is 0 Å². The Bertz CT molecular complexity index is 925. The SMILES string of the molecule is C(=C\c1nn2c(-c3ccccc3)nnc2s1)/c1cccnc1. The monoisotopic (exact) mass is 305 g/mol. The molecular formula is C16H11N5S. The minimum atomic E-state index is 0.757. The van der Waals surface area contributed by atoms with Crippen LogP contribution in [0.5, 0.6) is 0 Å². The number of rotatable bonds is 3. The minimum absolute atomic E-state index is 0.757. The van der Waals surface area contributed by atoms with E-state index in [1.165, 1.54) is 11.3 Å². The number of fused-ring (bicyclic) bond motifs is 1. The van der Waals surface area contributed by atoms with Crippen molar-refractivity contribution in [1.29, 1.82) is 0 Å². The zero-order valence-corrected chi connectivity index (χ0v) is 12.3. The van der Waals surface area contributed by atoms with E-state index in [1.54, 1.807) is 10.7 Å². The molecule has 106 valence electrons. The summed E-state index contributed by atoms with van der Waals surface area (Å²) in [5.41, 5.74) is 2.04.